The molecule has 1 aromatic carbocycles. The third-order valence-corrected chi connectivity index (χ3v) is 7.71. The summed E-state index contributed by atoms with van der Waals surface area (Å²) in [6, 6.07) is 7.84. The molecule has 0 saturated carbocycles. The maximum absolute atomic E-state index is 13.8. The van der Waals surface area contributed by atoms with Crippen LogP contribution in [0.1, 0.15) is 49.0 Å². The van der Waals surface area contributed by atoms with Crippen molar-refractivity contribution in [3.8, 4) is 17.1 Å². The number of hydrogen-bond donors (Lipinski definition) is 1. The molecular formula is C26H31N7O3S. The number of amides is 1. The minimum Gasteiger partial charge on any atom is -0.469 e. The fourth-order valence-electron chi connectivity index (χ4n) is 5.24. The number of nitrogens with one attached hydrogen (secondary N) is 1. The van der Waals surface area contributed by atoms with E-state index in [-0.39, 0.29) is 18.1 Å². The molecule has 2 fully saturated rings. The Labute approximate surface area is 220 Å². The van der Waals surface area contributed by atoms with Gasteiger partial charge in [0.1, 0.15) is 16.2 Å². The topological polar surface area (TPSA) is 106 Å². The Morgan fingerprint density at radius 3 is 2.49 bits per heavy atom. The first-order valence-corrected chi connectivity index (χ1v) is 13.6. The minimum atomic E-state index is -0.586. The fraction of sp³-hybridized carbons (Fsp3) is 0.500. The first kappa shape index (κ1) is 24.1. The molecule has 194 valence electrons. The van der Waals surface area contributed by atoms with Gasteiger partial charge in [0.05, 0.1) is 24.4 Å². The van der Waals surface area contributed by atoms with Crippen molar-refractivity contribution in [3.63, 3.8) is 0 Å². The van der Waals surface area contributed by atoms with E-state index in [2.05, 4.69) is 20.4 Å². The first-order chi connectivity index (χ1) is 17.8. The van der Waals surface area contributed by atoms with Gasteiger partial charge in [0, 0.05) is 30.9 Å². The number of aryl methyl sites for hydroxylation is 1. The molecule has 0 aliphatic carbocycles. The normalized spacial score (nSPS) is 22.4. The number of anilines is 3. The molecule has 2 bridgehead atoms. The number of carbonyl (C=O) groups is 1. The van der Waals surface area contributed by atoms with Crippen LogP contribution in [-0.2, 0) is 4.74 Å². The van der Waals surface area contributed by atoms with Crippen molar-refractivity contribution in [3.05, 3.63) is 34.8 Å². The summed E-state index contributed by atoms with van der Waals surface area (Å²) in [6.45, 7) is 10.4. The summed E-state index contributed by atoms with van der Waals surface area (Å²) in [4.78, 5) is 27.6. The van der Waals surface area contributed by atoms with Crippen LogP contribution in [0.4, 0.5) is 16.8 Å². The molecule has 37 heavy (non-hydrogen) atoms. The second-order valence-corrected chi connectivity index (χ2v) is 11.6. The van der Waals surface area contributed by atoms with Crippen molar-refractivity contribution in [2.75, 3.05) is 36.4 Å². The molecule has 2 aromatic heterocycles. The summed E-state index contributed by atoms with van der Waals surface area (Å²) in [5.74, 6) is 0.809. The van der Waals surface area contributed by atoms with Crippen LogP contribution in [0.3, 0.4) is 0 Å². The number of nitrogens with zero attached hydrogens (tertiary/aromatic N) is 6. The smallest absolute Gasteiger partial charge is 0.261 e. The Bertz CT molecular complexity index is 1310. The van der Waals surface area contributed by atoms with Gasteiger partial charge < -0.3 is 24.6 Å². The van der Waals surface area contributed by atoms with Gasteiger partial charge in [0.15, 0.2) is 0 Å². The number of rotatable bonds is 5. The third kappa shape index (κ3) is 4.73. The van der Waals surface area contributed by atoms with Crippen LogP contribution in [0.25, 0.3) is 11.3 Å². The summed E-state index contributed by atoms with van der Waals surface area (Å²) in [5.41, 5.74) is 2.11. The van der Waals surface area contributed by atoms with Gasteiger partial charge in [-0.3, -0.25) is 4.79 Å². The van der Waals surface area contributed by atoms with Crippen molar-refractivity contribution >= 4 is 34.0 Å². The molecule has 10 nitrogen and oxygen atoms in total. The van der Waals surface area contributed by atoms with Gasteiger partial charge in [-0.2, -0.15) is 4.98 Å². The lowest BCUT2D eigenvalue weighted by Gasteiger charge is -2.33. The number of likely N-dealkylation sites (N-methyl/N-ethyl adjacent to an activating group) is 1. The van der Waals surface area contributed by atoms with Crippen molar-refractivity contribution in [2.45, 2.75) is 58.3 Å². The molecule has 1 N–H and O–H groups in total. The lowest BCUT2D eigenvalue weighted by atomic mass is 10.0. The van der Waals surface area contributed by atoms with Gasteiger partial charge in [-0.05, 0) is 52.7 Å². The van der Waals surface area contributed by atoms with E-state index in [9.17, 15) is 4.79 Å². The molecule has 11 heteroatoms. The van der Waals surface area contributed by atoms with Crippen LogP contribution in [-0.4, -0.2) is 75.0 Å². The second-order valence-electron chi connectivity index (χ2n) is 10.4. The van der Waals surface area contributed by atoms with Crippen molar-refractivity contribution in [2.24, 2.45) is 0 Å². The largest absolute Gasteiger partial charge is 0.469 e. The van der Waals surface area contributed by atoms with E-state index in [1.165, 1.54) is 11.3 Å². The van der Waals surface area contributed by atoms with Gasteiger partial charge >= 0.3 is 0 Å². The zero-order valence-electron chi connectivity index (χ0n) is 21.5. The highest BCUT2D eigenvalue weighted by atomic mass is 32.1. The Hall–Kier alpha value is -3.31. The molecule has 2 saturated heterocycles. The number of fused-ring (bicyclic) bond motifs is 3. The predicted octanol–water partition coefficient (Wildman–Crippen LogP) is 4.05. The van der Waals surface area contributed by atoms with Crippen molar-refractivity contribution in [1.82, 2.24) is 25.1 Å². The lowest BCUT2D eigenvalue weighted by molar-refractivity contribution is 0.0297. The molecule has 3 aliphatic heterocycles. The quantitative estimate of drug-likeness (QED) is 0.532. The van der Waals surface area contributed by atoms with E-state index in [1.54, 1.807) is 4.90 Å². The van der Waals surface area contributed by atoms with Crippen LogP contribution >= 0.6 is 11.3 Å². The summed E-state index contributed by atoms with van der Waals surface area (Å²) >= 11 is 1.49. The Morgan fingerprint density at radius 2 is 1.84 bits per heavy atom. The highest BCUT2D eigenvalue weighted by Crippen LogP contribution is 2.38. The average Bonchev–Trinajstić information content (AvgIpc) is 3.41. The van der Waals surface area contributed by atoms with E-state index in [1.807, 2.05) is 52.0 Å². The van der Waals surface area contributed by atoms with Gasteiger partial charge in [0.25, 0.3) is 5.91 Å². The van der Waals surface area contributed by atoms with Crippen LogP contribution < -0.4 is 15.0 Å². The first-order valence-electron chi connectivity index (χ1n) is 12.8. The number of ether oxygens (including phenoxy) is 2. The van der Waals surface area contributed by atoms with Crippen LogP contribution in [0.15, 0.2) is 24.3 Å². The number of aromatic nitrogens is 4. The maximum Gasteiger partial charge on any atom is 0.261 e. The van der Waals surface area contributed by atoms with E-state index in [0.29, 0.717) is 36.2 Å². The SMILES string of the molecule is CCN1CC(C)(C)Oc2nc(N3CC4CCC(C3)O4)nc(-c3ccc(Nc4nnc(C)s4)cc3)c2C1=O. The third-order valence-electron chi connectivity index (χ3n) is 6.95. The lowest BCUT2D eigenvalue weighted by Crippen LogP contribution is -2.43. The van der Waals surface area contributed by atoms with E-state index < -0.39 is 5.60 Å². The minimum absolute atomic E-state index is 0.113. The van der Waals surface area contributed by atoms with Gasteiger partial charge in [-0.1, -0.05) is 23.5 Å². The van der Waals surface area contributed by atoms with E-state index in [4.69, 9.17) is 19.4 Å². The molecular weight excluding hydrogens is 490 g/mol. The summed E-state index contributed by atoms with van der Waals surface area (Å²) in [7, 11) is 0. The van der Waals surface area contributed by atoms with Crippen LogP contribution in [0.2, 0.25) is 0 Å². The Balaban J connectivity index is 1.43. The average molecular weight is 522 g/mol. The molecule has 0 spiro atoms. The van der Waals surface area contributed by atoms with Gasteiger partial charge in [-0.15, -0.1) is 10.2 Å². The number of benzene rings is 1. The monoisotopic (exact) mass is 521 g/mol. The predicted molar refractivity (Wildman–Crippen MR) is 142 cm³/mol. The highest BCUT2D eigenvalue weighted by molar-refractivity contribution is 7.15. The molecule has 6 rings (SSSR count). The molecule has 1 amide bonds. The molecule has 0 radical (unpaired) electrons. The summed E-state index contributed by atoms with van der Waals surface area (Å²) in [5, 5.41) is 13.1. The standard InChI is InChI=1S/C26H31N7O3S/c1-5-32-14-26(3,4)36-22-20(23(32)34)21(28-24(29-22)33-12-18-10-11-19(13-33)35-18)16-6-8-17(9-7-16)27-25-31-30-15(2)37-25/h6-9,18-19H,5,10-14H2,1-4H3,(H,27,31). The number of hydrogen-bond acceptors (Lipinski definition) is 10. The summed E-state index contributed by atoms with van der Waals surface area (Å²) in [6.07, 6.45) is 2.48. The van der Waals surface area contributed by atoms with Crippen LogP contribution in [0.5, 0.6) is 5.88 Å². The van der Waals surface area contributed by atoms with E-state index in [0.717, 1.165) is 47.3 Å². The van der Waals surface area contributed by atoms with E-state index >= 15 is 0 Å². The van der Waals surface area contributed by atoms with Gasteiger partial charge in [-0.25, -0.2) is 4.98 Å². The molecule has 3 aliphatic rings. The summed E-state index contributed by atoms with van der Waals surface area (Å²) < 4.78 is 12.5. The molecule has 2 unspecified atom stereocenters. The highest BCUT2D eigenvalue weighted by Gasteiger charge is 2.39. The fourth-order valence-corrected chi connectivity index (χ4v) is 5.86. The molecule has 5 heterocycles. The maximum atomic E-state index is 13.8. The number of morpholine rings is 1. The van der Waals surface area contributed by atoms with Crippen molar-refractivity contribution < 1.29 is 14.3 Å². The second kappa shape index (κ2) is 9.21. The van der Waals surface area contributed by atoms with Crippen molar-refractivity contribution in [1.29, 1.82) is 0 Å². The Kier molecular flexibility index (Phi) is 5.99. The molecule has 3 aromatic rings. The van der Waals surface area contributed by atoms with Crippen LogP contribution in [0, 0.1) is 6.92 Å². The molecule has 2 atom stereocenters. The van der Waals surface area contributed by atoms with Gasteiger partial charge in [0.2, 0.25) is 17.0 Å². The zero-order chi connectivity index (χ0) is 25.7. The zero-order valence-corrected chi connectivity index (χ0v) is 22.3. The number of carbonyl (C=O) groups excluding carboxylic acids is 1. The Morgan fingerprint density at radius 1 is 1.11 bits per heavy atom.